The fourth-order valence-corrected chi connectivity index (χ4v) is 11.4. The zero-order valence-corrected chi connectivity index (χ0v) is 29.4. The van der Waals surface area contributed by atoms with Gasteiger partial charge in [-0.25, -0.2) is 15.0 Å². The maximum atomic E-state index is 13.6. The van der Waals surface area contributed by atoms with Gasteiger partial charge in [-0.05, 0) is 47.8 Å². The van der Waals surface area contributed by atoms with Crippen molar-refractivity contribution in [2.24, 2.45) is 0 Å². The summed E-state index contributed by atoms with van der Waals surface area (Å²) in [5.41, 5.74) is 2.21. The second-order valence-corrected chi connectivity index (χ2v) is 17.8. The van der Waals surface area contributed by atoms with Crippen LogP contribution in [0.25, 0.3) is 0 Å². The zero-order chi connectivity index (χ0) is 34.7. The van der Waals surface area contributed by atoms with Crippen LogP contribution in [0.2, 0.25) is 21.6 Å². The van der Waals surface area contributed by atoms with E-state index in [0.29, 0.717) is 34.5 Å². The Morgan fingerprint density at radius 3 is 2.28 bits per heavy atom. The average molecular weight is 677 g/mol. The smallest absolute Gasteiger partial charge is 0.269 e. The minimum Gasteiger partial charge on any atom is -0.461 e. The molecule has 3 aromatic rings. The second-order valence-electron chi connectivity index (χ2n) is 11.9. The van der Waals surface area contributed by atoms with E-state index in [1.165, 1.54) is 24.7 Å². The molecule has 0 aliphatic heterocycles. The van der Waals surface area contributed by atoms with Crippen LogP contribution in [0, 0.1) is 28.1 Å². The highest BCUT2D eigenvalue weighted by Gasteiger charge is 2.45. The molecular formula is C33H41ClN8O4Si. The van der Waals surface area contributed by atoms with Crippen molar-refractivity contribution < 1.29 is 18.7 Å². The lowest BCUT2D eigenvalue weighted by Gasteiger charge is -2.42. The van der Waals surface area contributed by atoms with Crippen molar-refractivity contribution in [3.8, 4) is 18.0 Å². The van der Waals surface area contributed by atoms with Gasteiger partial charge in [0, 0.05) is 12.4 Å². The number of carbonyl (C=O) groups excluding carboxylic acids is 1. The molecule has 47 heavy (non-hydrogen) atoms. The predicted octanol–water partition coefficient (Wildman–Crippen LogP) is 6.99. The molecule has 0 bridgehead atoms. The summed E-state index contributed by atoms with van der Waals surface area (Å²) in [4.78, 5) is 26.1. The van der Waals surface area contributed by atoms with Crippen molar-refractivity contribution in [1.29, 1.82) is 15.9 Å². The van der Waals surface area contributed by atoms with Gasteiger partial charge >= 0.3 is 0 Å². The number of para-hydroxylation sites is 1. The van der Waals surface area contributed by atoms with Gasteiger partial charge in [-0.1, -0.05) is 59.2 Å². The molecule has 2 aromatic heterocycles. The van der Waals surface area contributed by atoms with Crippen LogP contribution < -0.4 is 15.4 Å². The fraction of sp³-hybridized carbons (Fsp3) is 0.424. The highest BCUT2D eigenvalue weighted by molar-refractivity contribution is 6.77. The summed E-state index contributed by atoms with van der Waals surface area (Å²) in [6.07, 6.45) is 1.90. The topological polar surface area (TPSA) is 179 Å². The molecule has 0 aliphatic rings. The monoisotopic (exact) mass is 676 g/mol. The maximum Gasteiger partial charge on any atom is 0.269 e. The molecule has 2 atom stereocenters. The summed E-state index contributed by atoms with van der Waals surface area (Å²) < 4.78 is 18.9. The van der Waals surface area contributed by atoms with Gasteiger partial charge in [0.05, 0.1) is 46.7 Å². The van der Waals surface area contributed by atoms with Crippen molar-refractivity contribution >= 4 is 49.4 Å². The molecule has 0 spiro atoms. The van der Waals surface area contributed by atoms with E-state index in [4.69, 9.17) is 36.2 Å². The molecule has 3 rings (SSSR count). The Hall–Kier alpha value is -4.40. The van der Waals surface area contributed by atoms with E-state index in [1.54, 1.807) is 18.2 Å². The average Bonchev–Trinajstić information content (AvgIpc) is 3.04. The summed E-state index contributed by atoms with van der Waals surface area (Å²) in [6.45, 7) is 15.3. The van der Waals surface area contributed by atoms with Crippen LogP contribution in [0.5, 0.6) is 5.88 Å². The number of nitrogens with zero attached hydrogens (tertiary/aromatic N) is 5. The molecule has 0 saturated heterocycles. The third-order valence-electron chi connectivity index (χ3n) is 7.87. The third-order valence-corrected chi connectivity index (χ3v) is 14.3. The number of ether oxygens (including phenoxy) is 2. The van der Waals surface area contributed by atoms with E-state index in [9.17, 15) is 10.1 Å². The van der Waals surface area contributed by atoms with Crippen molar-refractivity contribution in [2.75, 3.05) is 23.8 Å². The number of rotatable bonds is 16. The Morgan fingerprint density at radius 2 is 1.70 bits per heavy atom. The van der Waals surface area contributed by atoms with Crippen molar-refractivity contribution in [3.05, 3.63) is 64.6 Å². The molecule has 1 aromatic carbocycles. The number of benzene rings is 1. The van der Waals surface area contributed by atoms with Crippen LogP contribution >= 0.6 is 11.6 Å². The van der Waals surface area contributed by atoms with E-state index < -0.39 is 20.3 Å². The molecule has 2 heterocycles. The first kappa shape index (κ1) is 37.1. The SMILES string of the molecule is CC(CO[Si](C(C)C)(C(C)C)C(C)C)OCC(Oc1ncnc(Nc2c(Cl)cccc2C#N)c1C=N)C(=O)Nc1ccc(C#N)cn1. The first-order chi connectivity index (χ1) is 22.4. The number of aromatic nitrogens is 3. The van der Waals surface area contributed by atoms with Crippen LogP contribution in [0.4, 0.5) is 17.3 Å². The van der Waals surface area contributed by atoms with Gasteiger partial charge in [0.25, 0.3) is 5.91 Å². The number of nitrogens with one attached hydrogen (secondary N) is 3. The lowest BCUT2D eigenvalue weighted by atomic mass is 10.2. The first-order valence-electron chi connectivity index (χ1n) is 15.3. The van der Waals surface area contributed by atoms with Crippen LogP contribution in [0.1, 0.15) is 65.2 Å². The van der Waals surface area contributed by atoms with Crippen LogP contribution in [-0.4, -0.2) is 60.8 Å². The summed E-state index contributed by atoms with van der Waals surface area (Å²) in [6, 6.07) is 11.9. The molecule has 2 unspecified atom stereocenters. The maximum absolute atomic E-state index is 13.6. The van der Waals surface area contributed by atoms with Gasteiger partial charge in [-0.15, -0.1) is 0 Å². The van der Waals surface area contributed by atoms with Crippen molar-refractivity contribution in [1.82, 2.24) is 15.0 Å². The van der Waals surface area contributed by atoms with E-state index >= 15 is 0 Å². The standard InChI is InChI=1S/C33H41ClN8O4Si/c1-20(2)47(21(3)4,22(5)6)45-17-23(7)44-18-28(32(43)41-29-12-11-24(13-35)16-38-29)46-33-26(15-37)31(39-19-40-33)42-30-25(14-36)9-8-10-27(30)34/h8-12,15-16,19-23,28,37H,17-18H2,1-7H3,(H,38,41,43)(H,39,40,42). The molecule has 248 valence electrons. The van der Waals surface area contributed by atoms with E-state index in [0.717, 1.165) is 6.21 Å². The number of pyridine rings is 1. The zero-order valence-electron chi connectivity index (χ0n) is 27.7. The van der Waals surface area contributed by atoms with Gasteiger partial charge in [-0.2, -0.15) is 10.5 Å². The number of nitriles is 2. The van der Waals surface area contributed by atoms with Gasteiger partial charge in [0.2, 0.25) is 12.0 Å². The Bertz CT molecular complexity index is 1600. The summed E-state index contributed by atoms with van der Waals surface area (Å²) in [5.74, 6) is -0.315. The number of anilines is 3. The highest BCUT2D eigenvalue weighted by atomic mass is 35.5. The van der Waals surface area contributed by atoms with Gasteiger partial charge < -0.3 is 29.9 Å². The summed E-state index contributed by atoms with van der Waals surface area (Å²) in [7, 11) is -2.15. The Kier molecular flexibility index (Phi) is 13.4. The van der Waals surface area contributed by atoms with E-state index in [1.807, 2.05) is 13.0 Å². The number of hydrogen-bond acceptors (Lipinski definition) is 11. The second kappa shape index (κ2) is 17.0. The molecular weight excluding hydrogens is 636 g/mol. The Balaban J connectivity index is 1.88. The number of amides is 1. The highest BCUT2D eigenvalue weighted by Crippen LogP contribution is 2.42. The third kappa shape index (κ3) is 9.11. The molecule has 0 aliphatic carbocycles. The molecule has 14 heteroatoms. The molecule has 12 nitrogen and oxygen atoms in total. The lowest BCUT2D eigenvalue weighted by molar-refractivity contribution is -0.127. The van der Waals surface area contributed by atoms with Gasteiger partial charge in [0.1, 0.15) is 30.1 Å². The predicted molar refractivity (Wildman–Crippen MR) is 184 cm³/mol. The van der Waals surface area contributed by atoms with E-state index in [2.05, 4.69) is 73.2 Å². The van der Waals surface area contributed by atoms with Crippen LogP contribution in [0.15, 0.2) is 42.9 Å². The normalized spacial score (nSPS) is 12.7. The van der Waals surface area contributed by atoms with Gasteiger partial charge in [0.15, 0.2) is 8.32 Å². The van der Waals surface area contributed by atoms with Crippen molar-refractivity contribution in [2.45, 2.75) is 77.3 Å². The summed E-state index contributed by atoms with van der Waals surface area (Å²) in [5, 5.41) is 32.7. The van der Waals surface area contributed by atoms with Crippen LogP contribution in [0.3, 0.4) is 0 Å². The molecule has 3 N–H and O–H groups in total. The van der Waals surface area contributed by atoms with Gasteiger partial charge in [-0.3, -0.25) is 4.79 Å². The quantitative estimate of drug-likeness (QED) is 0.106. The lowest BCUT2D eigenvalue weighted by Crippen LogP contribution is -2.49. The molecule has 0 fully saturated rings. The first-order valence-corrected chi connectivity index (χ1v) is 17.8. The summed E-state index contributed by atoms with van der Waals surface area (Å²) >= 11 is 6.35. The Morgan fingerprint density at radius 1 is 1.00 bits per heavy atom. The number of hydrogen-bond donors (Lipinski definition) is 3. The number of carbonyl (C=O) groups is 1. The molecule has 0 radical (unpaired) electrons. The minimum atomic E-state index is -2.15. The molecule has 1 amide bonds. The van der Waals surface area contributed by atoms with Crippen molar-refractivity contribution in [3.63, 3.8) is 0 Å². The minimum absolute atomic E-state index is 0.0747. The fourth-order valence-electron chi connectivity index (χ4n) is 5.67. The van der Waals surface area contributed by atoms with Crippen LogP contribution in [-0.2, 0) is 14.0 Å². The Labute approximate surface area is 282 Å². The largest absolute Gasteiger partial charge is 0.461 e. The molecule has 0 saturated carbocycles. The van der Waals surface area contributed by atoms with E-state index in [-0.39, 0.29) is 46.4 Å². The number of halogens is 1.